The first-order valence-electron chi connectivity index (χ1n) is 8.18. The van der Waals surface area contributed by atoms with Crippen LogP contribution in [0.15, 0.2) is 42.5 Å². The van der Waals surface area contributed by atoms with E-state index in [2.05, 4.69) is 5.32 Å². The van der Waals surface area contributed by atoms with E-state index in [0.29, 0.717) is 0 Å². The Morgan fingerprint density at radius 3 is 2.57 bits per heavy atom. The largest absolute Gasteiger partial charge is 0.336 e. The molecule has 1 fully saturated rings. The molecule has 0 unspecified atom stereocenters. The van der Waals surface area contributed by atoms with Crippen molar-refractivity contribution in [1.29, 1.82) is 0 Å². The Kier molecular flexibility index (Phi) is 4.60. The van der Waals surface area contributed by atoms with E-state index >= 15 is 0 Å². The topological polar surface area (TPSA) is 49.4 Å². The number of rotatable bonds is 4. The number of fused-ring (bicyclic) bond motifs is 1. The summed E-state index contributed by atoms with van der Waals surface area (Å²) >= 11 is 0. The van der Waals surface area contributed by atoms with Crippen molar-refractivity contribution < 1.29 is 9.59 Å². The Labute approximate surface area is 136 Å². The van der Waals surface area contributed by atoms with Gasteiger partial charge in [0.15, 0.2) is 0 Å². The highest BCUT2D eigenvalue weighted by Gasteiger charge is 2.26. The number of carbonyl (C=O) groups is 2. The van der Waals surface area contributed by atoms with Gasteiger partial charge in [0, 0.05) is 24.0 Å². The van der Waals surface area contributed by atoms with Gasteiger partial charge in [0.1, 0.15) is 0 Å². The number of amides is 2. The number of hydrogen-bond acceptors (Lipinski definition) is 2. The number of anilines is 1. The lowest BCUT2D eigenvalue weighted by molar-refractivity contribution is -0.136. The van der Waals surface area contributed by atoms with Crippen molar-refractivity contribution in [3.63, 3.8) is 0 Å². The van der Waals surface area contributed by atoms with Crippen LogP contribution in [0.2, 0.25) is 0 Å². The van der Waals surface area contributed by atoms with Gasteiger partial charge in [-0.05, 0) is 24.3 Å². The fourth-order valence-corrected chi connectivity index (χ4v) is 3.30. The Morgan fingerprint density at radius 2 is 1.78 bits per heavy atom. The van der Waals surface area contributed by atoms with Crippen LogP contribution in [0.4, 0.5) is 5.69 Å². The highest BCUT2D eigenvalue weighted by Crippen LogP contribution is 2.26. The lowest BCUT2D eigenvalue weighted by Crippen LogP contribution is -2.37. The zero-order valence-corrected chi connectivity index (χ0v) is 13.4. The molecule has 0 aromatic heterocycles. The van der Waals surface area contributed by atoms with E-state index in [1.54, 1.807) is 11.9 Å². The molecule has 4 heteroatoms. The van der Waals surface area contributed by atoms with Crippen LogP contribution in [-0.2, 0) is 9.59 Å². The van der Waals surface area contributed by atoms with Crippen LogP contribution >= 0.6 is 0 Å². The van der Waals surface area contributed by atoms with Gasteiger partial charge >= 0.3 is 0 Å². The molecule has 0 heterocycles. The first-order chi connectivity index (χ1) is 11.1. The monoisotopic (exact) mass is 310 g/mol. The summed E-state index contributed by atoms with van der Waals surface area (Å²) in [7, 11) is 1.71. The van der Waals surface area contributed by atoms with Crippen molar-refractivity contribution in [3.8, 4) is 0 Å². The molecule has 0 aliphatic heterocycles. The van der Waals surface area contributed by atoms with Crippen LogP contribution < -0.4 is 5.32 Å². The SMILES string of the molecule is CN(CC(=O)Nc1cccc2ccccc12)C(=O)C1CCCC1. The Bertz CT molecular complexity index is 715. The molecule has 4 nitrogen and oxygen atoms in total. The third kappa shape index (κ3) is 3.52. The van der Waals surface area contributed by atoms with Gasteiger partial charge in [0.05, 0.1) is 6.54 Å². The van der Waals surface area contributed by atoms with Gasteiger partial charge in [-0.25, -0.2) is 0 Å². The smallest absolute Gasteiger partial charge is 0.244 e. The van der Waals surface area contributed by atoms with Crippen molar-refractivity contribution >= 4 is 28.3 Å². The highest BCUT2D eigenvalue weighted by molar-refractivity contribution is 6.03. The molecule has 1 N–H and O–H groups in total. The van der Waals surface area contributed by atoms with E-state index in [1.807, 2.05) is 42.5 Å². The third-order valence-electron chi connectivity index (χ3n) is 4.53. The third-order valence-corrected chi connectivity index (χ3v) is 4.53. The van der Waals surface area contributed by atoms with E-state index in [0.717, 1.165) is 42.1 Å². The molecule has 0 atom stereocenters. The molecule has 0 radical (unpaired) electrons. The normalized spacial score (nSPS) is 14.8. The molecule has 1 saturated carbocycles. The maximum Gasteiger partial charge on any atom is 0.244 e. The standard InChI is InChI=1S/C19H22N2O2/c1-21(19(23)15-8-2-3-9-15)13-18(22)20-17-12-6-10-14-7-4-5-11-16(14)17/h4-7,10-12,15H,2-3,8-9,13H2,1H3,(H,20,22). The molecule has 3 rings (SSSR count). The summed E-state index contributed by atoms with van der Waals surface area (Å²) < 4.78 is 0. The maximum absolute atomic E-state index is 12.3. The van der Waals surface area contributed by atoms with Crippen LogP contribution in [0.3, 0.4) is 0 Å². The summed E-state index contributed by atoms with van der Waals surface area (Å²) in [5, 5.41) is 5.02. The minimum Gasteiger partial charge on any atom is -0.336 e. The molecule has 0 spiro atoms. The fraction of sp³-hybridized carbons (Fsp3) is 0.368. The molecule has 120 valence electrons. The predicted octanol–water partition coefficient (Wildman–Crippen LogP) is 3.43. The average molecular weight is 310 g/mol. The number of likely N-dealkylation sites (N-methyl/N-ethyl adjacent to an activating group) is 1. The van der Waals surface area contributed by atoms with Crippen molar-refractivity contribution in [2.24, 2.45) is 5.92 Å². The lowest BCUT2D eigenvalue weighted by Gasteiger charge is -2.20. The summed E-state index contributed by atoms with van der Waals surface area (Å²) in [6.45, 7) is 0.0958. The molecule has 0 saturated heterocycles. The first kappa shape index (κ1) is 15.5. The van der Waals surface area contributed by atoms with Gasteiger partial charge in [-0.3, -0.25) is 9.59 Å². The molecule has 2 aromatic rings. The Morgan fingerprint density at radius 1 is 1.09 bits per heavy atom. The van der Waals surface area contributed by atoms with Crippen LogP contribution in [0.25, 0.3) is 10.8 Å². The van der Waals surface area contributed by atoms with Crippen LogP contribution in [-0.4, -0.2) is 30.3 Å². The number of nitrogens with zero attached hydrogens (tertiary/aromatic N) is 1. The van der Waals surface area contributed by atoms with Crippen LogP contribution in [0.5, 0.6) is 0 Å². The molecule has 1 aliphatic rings. The second kappa shape index (κ2) is 6.82. The minimum absolute atomic E-state index is 0.0931. The molecule has 23 heavy (non-hydrogen) atoms. The summed E-state index contributed by atoms with van der Waals surface area (Å²) in [6.07, 6.45) is 4.14. The van der Waals surface area contributed by atoms with Crippen molar-refractivity contribution in [1.82, 2.24) is 4.90 Å². The Hall–Kier alpha value is -2.36. The number of benzene rings is 2. The van der Waals surface area contributed by atoms with E-state index in [9.17, 15) is 9.59 Å². The second-order valence-corrected chi connectivity index (χ2v) is 6.25. The summed E-state index contributed by atoms with van der Waals surface area (Å²) in [5.74, 6) is 0.0381. The molecule has 2 aromatic carbocycles. The van der Waals surface area contributed by atoms with Crippen molar-refractivity contribution in [2.75, 3.05) is 18.9 Å². The minimum atomic E-state index is -0.157. The van der Waals surface area contributed by atoms with Crippen molar-refractivity contribution in [2.45, 2.75) is 25.7 Å². The van der Waals surface area contributed by atoms with Crippen LogP contribution in [0, 0.1) is 5.92 Å². The molecular weight excluding hydrogens is 288 g/mol. The van der Waals surface area contributed by atoms with Crippen molar-refractivity contribution in [3.05, 3.63) is 42.5 Å². The summed E-state index contributed by atoms with van der Waals surface area (Å²) in [6, 6.07) is 13.7. The fourth-order valence-electron chi connectivity index (χ4n) is 3.30. The zero-order valence-electron chi connectivity index (χ0n) is 13.4. The van der Waals surface area contributed by atoms with Crippen LogP contribution in [0.1, 0.15) is 25.7 Å². The first-order valence-corrected chi connectivity index (χ1v) is 8.18. The van der Waals surface area contributed by atoms with E-state index < -0.39 is 0 Å². The van der Waals surface area contributed by atoms with Gasteiger partial charge in [-0.1, -0.05) is 49.2 Å². The summed E-state index contributed by atoms with van der Waals surface area (Å²) in [4.78, 5) is 26.1. The van der Waals surface area contributed by atoms with E-state index in [4.69, 9.17) is 0 Å². The maximum atomic E-state index is 12.3. The predicted molar refractivity (Wildman–Crippen MR) is 92.2 cm³/mol. The molecular formula is C19H22N2O2. The van der Waals surface area contributed by atoms with E-state index in [-0.39, 0.29) is 24.3 Å². The van der Waals surface area contributed by atoms with Gasteiger partial charge < -0.3 is 10.2 Å². The summed E-state index contributed by atoms with van der Waals surface area (Å²) in [5.41, 5.74) is 0.787. The molecule has 0 bridgehead atoms. The zero-order chi connectivity index (χ0) is 16.2. The van der Waals surface area contributed by atoms with Gasteiger partial charge in [-0.15, -0.1) is 0 Å². The molecule has 1 aliphatic carbocycles. The van der Waals surface area contributed by atoms with Gasteiger partial charge in [0.2, 0.25) is 11.8 Å². The molecule has 2 amide bonds. The second-order valence-electron chi connectivity index (χ2n) is 6.25. The quantitative estimate of drug-likeness (QED) is 0.940. The Balaban J connectivity index is 1.65. The number of hydrogen-bond donors (Lipinski definition) is 1. The average Bonchev–Trinajstić information content (AvgIpc) is 3.08. The van der Waals surface area contributed by atoms with Gasteiger partial charge in [0.25, 0.3) is 0 Å². The number of nitrogens with one attached hydrogen (secondary N) is 1. The number of carbonyl (C=O) groups excluding carboxylic acids is 2. The lowest BCUT2D eigenvalue weighted by atomic mass is 10.1. The van der Waals surface area contributed by atoms with E-state index in [1.165, 1.54) is 0 Å². The van der Waals surface area contributed by atoms with Gasteiger partial charge in [-0.2, -0.15) is 0 Å². The highest BCUT2D eigenvalue weighted by atomic mass is 16.2.